The number of nitrogens with zero attached hydrogens (tertiary/aromatic N) is 1. The van der Waals surface area contributed by atoms with Crippen molar-refractivity contribution in [3.05, 3.63) is 62.7 Å². The van der Waals surface area contributed by atoms with Gasteiger partial charge in [-0.1, -0.05) is 23.2 Å². The van der Waals surface area contributed by atoms with Crippen molar-refractivity contribution in [1.29, 1.82) is 0 Å². The number of rotatable bonds is 7. The van der Waals surface area contributed by atoms with Crippen molar-refractivity contribution >= 4 is 52.2 Å². The van der Waals surface area contributed by atoms with Gasteiger partial charge in [-0.3, -0.25) is 14.5 Å². The fourth-order valence-corrected chi connectivity index (χ4v) is 4.05. The Labute approximate surface area is 181 Å². The number of carbonyl (C=O) groups excluding carboxylic acids is 2. The maximum Gasteiger partial charge on any atom is 0.293 e. The zero-order valence-electron chi connectivity index (χ0n) is 15.3. The van der Waals surface area contributed by atoms with Crippen molar-refractivity contribution in [2.45, 2.75) is 6.92 Å². The highest BCUT2D eigenvalue weighted by atomic mass is 35.5. The summed E-state index contributed by atoms with van der Waals surface area (Å²) in [5, 5.41) is 0.238. The van der Waals surface area contributed by atoms with Crippen LogP contribution >= 0.6 is 35.0 Å². The third kappa shape index (κ3) is 5.23. The standard InChI is InChI=1S/C20H16Cl2FNO4S/c1-2-27-18-15(21)9-12(10-16(18)22)11-17-19(25)24(20(26)29-17)7-8-28-14-5-3-13(23)4-6-14/h3-6,9-11H,2,7-8H2,1H3/b17-11-. The summed E-state index contributed by atoms with van der Waals surface area (Å²) in [5.41, 5.74) is 0.580. The smallest absolute Gasteiger partial charge is 0.293 e. The minimum absolute atomic E-state index is 0.0736. The van der Waals surface area contributed by atoms with E-state index in [1.165, 1.54) is 24.3 Å². The van der Waals surface area contributed by atoms with Gasteiger partial charge in [-0.2, -0.15) is 0 Å². The fourth-order valence-electron chi connectivity index (χ4n) is 2.57. The maximum absolute atomic E-state index is 12.9. The van der Waals surface area contributed by atoms with Crippen molar-refractivity contribution in [1.82, 2.24) is 4.90 Å². The van der Waals surface area contributed by atoms with Crippen molar-refractivity contribution in [3.63, 3.8) is 0 Å². The topological polar surface area (TPSA) is 55.8 Å². The molecule has 0 aromatic heterocycles. The lowest BCUT2D eigenvalue weighted by molar-refractivity contribution is -0.123. The number of carbonyl (C=O) groups is 2. The van der Waals surface area contributed by atoms with Crippen molar-refractivity contribution in [2.24, 2.45) is 0 Å². The molecule has 0 aliphatic carbocycles. The number of hydrogen-bond donors (Lipinski definition) is 0. The molecular formula is C20H16Cl2FNO4S. The zero-order chi connectivity index (χ0) is 21.0. The van der Waals surface area contributed by atoms with Gasteiger partial charge in [0, 0.05) is 0 Å². The molecule has 1 saturated heterocycles. The van der Waals surface area contributed by atoms with Gasteiger partial charge in [0.15, 0.2) is 5.75 Å². The second-order valence-corrected chi connectivity index (χ2v) is 7.69. The molecule has 0 atom stereocenters. The van der Waals surface area contributed by atoms with E-state index in [2.05, 4.69) is 0 Å². The Morgan fingerprint density at radius 2 is 1.76 bits per heavy atom. The van der Waals surface area contributed by atoms with Gasteiger partial charge >= 0.3 is 0 Å². The Hall–Kier alpha value is -2.22. The molecule has 0 spiro atoms. The van der Waals surface area contributed by atoms with Crippen LogP contribution in [-0.4, -0.2) is 35.8 Å². The van der Waals surface area contributed by atoms with Gasteiger partial charge in [0.05, 0.1) is 28.1 Å². The summed E-state index contributed by atoms with van der Waals surface area (Å²) < 4.78 is 23.7. The predicted octanol–water partition coefficient (Wildman–Crippen LogP) is 5.65. The molecule has 1 fully saturated rings. The number of hydrogen-bond acceptors (Lipinski definition) is 5. The van der Waals surface area contributed by atoms with Crippen LogP contribution in [0.2, 0.25) is 10.0 Å². The Balaban J connectivity index is 1.67. The lowest BCUT2D eigenvalue weighted by Gasteiger charge is -2.13. The van der Waals surface area contributed by atoms with Gasteiger partial charge in [0.1, 0.15) is 18.2 Å². The average Bonchev–Trinajstić information content (AvgIpc) is 2.93. The highest BCUT2D eigenvalue weighted by Gasteiger charge is 2.34. The number of thioether (sulfide) groups is 1. The molecule has 9 heteroatoms. The SMILES string of the molecule is CCOc1c(Cl)cc(/C=C2\SC(=O)N(CCOc3ccc(F)cc3)C2=O)cc1Cl. The monoisotopic (exact) mass is 455 g/mol. The Morgan fingerprint density at radius 3 is 2.38 bits per heavy atom. The third-order valence-electron chi connectivity index (χ3n) is 3.88. The van der Waals surface area contributed by atoms with E-state index in [0.717, 1.165) is 16.7 Å². The molecule has 5 nitrogen and oxygen atoms in total. The molecule has 29 heavy (non-hydrogen) atoms. The Kier molecular flexibility index (Phi) is 7.05. The van der Waals surface area contributed by atoms with E-state index in [9.17, 15) is 14.0 Å². The van der Waals surface area contributed by atoms with Gasteiger partial charge in [0.2, 0.25) is 0 Å². The third-order valence-corrected chi connectivity index (χ3v) is 5.35. The Morgan fingerprint density at radius 1 is 1.10 bits per heavy atom. The van der Waals surface area contributed by atoms with Crippen molar-refractivity contribution in [3.8, 4) is 11.5 Å². The first kappa shape index (κ1) is 21.5. The number of ether oxygens (including phenoxy) is 2. The summed E-state index contributed by atoms with van der Waals surface area (Å²) >= 11 is 13.2. The highest BCUT2D eigenvalue weighted by molar-refractivity contribution is 8.18. The van der Waals surface area contributed by atoms with Crippen LogP contribution in [0.1, 0.15) is 12.5 Å². The van der Waals surface area contributed by atoms with E-state index < -0.39 is 11.1 Å². The van der Waals surface area contributed by atoms with Crippen LogP contribution < -0.4 is 9.47 Å². The van der Waals surface area contributed by atoms with E-state index in [1.54, 1.807) is 18.2 Å². The summed E-state index contributed by atoms with van der Waals surface area (Å²) in [6.07, 6.45) is 1.55. The Bertz CT molecular complexity index is 942. The average molecular weight is 456 g/mol. The number of imide groups is 1. The van der Waals surface area contributed by atoms with E-state index in [1.807, 2.05) is 6.92 Å². The molecule has 2 aromatic carbocycles. The fraction of sp³-hybridized carbons (Fsp3) is 0.200. The molecule has 1 aliphatic heterocycles. The lowest BCUT2D eigenvalue weighted by Crippen LogP contribution is -2.32. The first-order valence-corrected chi connectivity index (χ1v) is 10.2. The maximum atomic E-state index is 12.9. The van der Waals surface area contributed by atoms with Gasteiger partial charge in [-0.25, -0.2) is 4.39 Å². The molecule has 2 aromatic rings. The van der Waals surface area contributed by atoms with Gasteiger partial charge in [-0.15, -0.1) is 0 Å². The second kappa shape index (κ2) is 9.52. The summed E-state index contributed by atoms with van der Waals surface area (Å²) in [5.74, 6) is 0.0263. The summed E-state index contributed by atoms with van der Waals surface area (Å²) in [7, 11) is 0. The molecule has 3 rings (SSSR count). The molecule has 0 unspecified atom stereocenters. The van der Waals surface area contributed by atoms with Crippen LogP contribution in [-0.2, 0) is 4.79 Å². The van der Waals surface area contributed by atoms with Crippen LogP contribution in [0.25, 0.3) is 6.08 Å². The van der Waals surface area contributed by atoms with Gasteiger partial charge in [-0.05, 0) is 66.7 Å². The minimum Gasteiger partial charge on any atom is -0.492 e. The van der Waals surface area contributed by atoms with Crippen LogP contribution in [0.4, 0.5) is 9.18 Å². The number of amides is 2. The lowest BCUT2D eigenvalue weighted by atomic mass is 10.2. The normalized spacial score (nSPS) is 15.3. The van der Waals surface area contributed by atoms with Crippen LogP contribution in [0.15, 0.2) is 41.3 Å². The van der Waals surface area contributed by atoms with E-state index in [4.69, 9.17) is 32.7 Å². The molecule has 0 N–H and O–H groups in total. The molecular weight excluding hydrogens is 440 g/mol. The van der Waals surface area contributed by atoms with Gasteiger partial charge < -0.3 is 9.47 Å². The van der Waals surface area contributed by atoms with Gasteiger partial charge in [0.25, 0.3) is 11.1 Å². The first-order chi connectivity index (χ1) is 13.9. The number of benzene rings is 2. The van der Waals surface area contributed by atoms with Crippen molar-refractivity contribution in [2.75, 3.05) is 19.8 Å². The summed E-state index contributed by atoms with van der Waals surface area (Å²) in [6, 6.07) is 8.72. The first-order valence-electron chi connectivity index (χ1n) is 8.64. The molecule has 1 aliphatic rings. The highest BCUT2D eigenvalue weighted by Crippen LogP contribution is 2.37. The molecule has 2 amide bonds. The van der Waals surface area contributed by atoms with E-state index >= 15 is 0 Å². The van der Waals surface area contributed by atoms with Crippen LogP contribution in [0, 0.1) is 5.82 Å². The number of halogens is 3. The van der Waals surface area contributed by atoms with Crippen LogP contribution in [0.5, 0.6) is 11.5 Å². The minimum atomic E-state index is -0.427. The molecule has 152 valence electrons. The predicted molar refractivity (Wildman–Crippen MR) is 112 cm³/mol. The quantitative estimate of drug-likeness (QED) is 0.505. The molecule has 0 bridgehead atoms. The van der Waals surface area contributed by atoms with Crippen molar-refractivity contribution < 1.29 is 23.5 Å². The summed E-state index contributed by atoms with van der Waals surface area (Å²) in [6.45, 7) is 2.40. The van der Waals surface area contributed by atoms with Crippen LogP contribution in [0.3, 0.4) is 0 Å². The molecule has 0 saturated carbocycles. The molecule has 1 heterocycles. The largest absolute Gasteiger partial charge is 0.492 e. The van der Waals surface area contributed by atoms with E-state index in [0.29, 0.717) is 33.7 Å². The summed E-state index contributed by atoms with van der Waals surface area (Å²) in [4.78, 5) is 26.1. The second-order valence-electron chi connectivity index (χ2n) is 5.88. The molecule has 0 radical (unpaired) electrons. The van der Waals surface area contributed by atoms with E-state index in [-0.39, 0.29) is 23.9 Å². The zero-order valence-corrected chi connectivity index (χ0v) is 17.6.